The molecule has 0 aromatic carbocycles. The Morgan fingerprint density at radius 1 is 1.50 bits per heavy atom. The molecule has 72 valence electrons. The van der Waals surface area contributed by atoms with Crippen molar-refractivity contribution in [2.45, 2.75) is 13.8 Å². The summed E-state index contributed by atoms with van der Waals surface area (Å²) in [6, 6.07) is 0. The molecular weight excluding hydrogens is 174 g/mol. The van der Waals surface area contributed by atoms with Gasteiger partial charge in [0.25, 0.3) is 0 Å². The standard InChI is InChI=1S/C11H13N3/c1-8(2)11-13-6-9-4-3-5-12-7-10(9)14-11/h3-4,7-8H,6H2,1-2H3,(H,13,14). The van der Waals surface area contributed by atoms with Crippen molar-refractivity contribution in [2.75, 3.05) is 6.54 Å². The average Bonchev–Trinajstić information content (AvgIpc) is 2.41. The molecule has 0 unspecified atom stereocenters. The summed E-state index contributed by atoms with van der Waals surface area (Å²) in [6.45, 7) is 5.08. The summed E-state index contributed by atoms with van der Waals surface area (Å²) in [5, 5.41) is 3.30. The molecule has 2 aliphatic heterocycles. The predicted molar refractivity (Wildman–Crippen MR) is 58.4 cm³/mol. The van der Waals surface area contributed by atoms with E-state index < -0.39 is 0 Å². The highest BCUT2D eigenvalue weighted by molar-refractivity contribution is 5.87. The molecule has 3 nitrogen and oxygen atoms in total. The number of allylic oxidation sites excluding steroid dienone is 2. The van der Waals surface area contributed by atoms with Gasteiger partial charge in [-0.3, -0.25) is 0 Å². The van der Waals surface area contributed by atoms with E-state index in [2.05, 4.69) is 35.0 Å². The first-order valence-corrected chi connectivity index (χ1v) is 4.78. The summed E-state index contributed by atoms with van der Waals surface area (Å²) in [5.74, 6) is 4.26. The minimum Gasteiger partial charge on any atom is -0.369 e. The fourth-order valence-corrected chi connectivity index (χ4v) is 1.39. The molecule has 1 N–H and O–H groups in total. The molecule has 2 rings (SSSR count). The smallest absolute Gasteiger partial charge is 0.105 e. The van der Waals surface area contributed by atoms with Gasteiger partial charge in [0.05, 0.1) is 11.9 Å². The second kappa shape index (κ2) is 3.64. The van der Waals surface area contributed by atoms with E-state index in [0.717, 1.165) is 18.1 Å². The highest BCUT2D eigenvalue weighted by Crippen LogP contribution is 2.17. The van der Waals surface area contributed by atoms with Gasteiger partial charge in [0.1, 0.15) is 5.84 Å². The van der Waals surface area contributed by atoms with Crippen molar-refractivity contribution in [2.24, 2.45) is 15.9 Å². The second-order valence-electron chi connectivity index (χ2n) is 3.64. The van der Waals surface area contributed by atoms with Gasteiger partial charge in [0, 0.05) is 18.5 Å². The molecule has 2 heterocycles. The van der Waals surface area contributed by atoms with E-state index in [1.807, 2.05) is 12.2 Å². The number of nitrogens with one attached hydrogen (secondary N) is 1. The van der Waals surface area contributed by atoms with Crippen LogP contribution in [0.1, 0.15) is 13.8 Å². The lowest BCUT2D eigenvalue weighted by atomic mass is 10.1. The Bertz CT molecular complexity index is 391. The maximum atomic E-state index is 4.51. The number of fused-ring (bicyclic) bond motifs is 1. The first kappa shape index (κ1) is 8.97. The lowest BCUT2D eigenvalue weighted by Gasteiger charge is -2.20. The molecule has 0 radical (unpaired) electrons. The third-order valence-electron chi connectivity index (χ3n) is 2.20. The van der Waals surface area contributed by atoms with Crippen molar-refractivity contribution in [3.8, 4) is 0 Å². The van der Waals surface area contributed by atoms with Crippen molar-refractivity contribution in [3.63, 3.8) is 0 Å². The highest BCUT2D eigenvalue weighted by Gasteiger charge is 2.15. The summed E-state index contributed by atoms with van der Waals surface area (Å²) in [6.07, 6.45) is 5.57. The topological polar surface area (TPSA) is 36.8 Å². The Morgan fingerprint density at radius 3 is 3.14 bits per heavy atom. The van der Waals surface area contributed by atoms with E-state index in [9.17, 15) is 0 Å². The number of nitrogens with zero attached hydrogens (tertiary/aromatic N) is 2. The molecule has 2 aliphatic rings. The summed E-state index contributed by atoms with van der Waals surface area (Å²) in [7, 11) is 0. The number of hydrogen-bond donors (Lipinski definition) is 1. The quantitative estimate of drug-likeness (QED) is 0.665. The molecule has 0 aromatic heterocycles. The molecular formula is C11H13N3. The van der Waals surface area contributed by atoms with Crippen molar-refractivity contribution in [1.29, 1.82) is 0 Å². The van der Waals surface area contributed by atoms with E-state index >= 15 is 0 Å². The molecule has 0 aromatic rings. The Kier molecular flexibility index (Phi) is 2.33. The largest absolute Gasteiger partial charge is 0.369 e. The number of rotatable bonds is 1. The zero-order valence-electron chi connectivity index (χ0n) is 8.41. The van der Waals surface area contributed by atoms with Crippen LogP contribution in [0.5, 0.6) is 0 Å². The highest BCUT2D eigenvalue weighted by atomic mass is 15.0. The maximum Gasteiger partial charge on any atom is 0.105 e. The van der Waals surface area contributed by atoms with E-state index in [4.69, 9.17) is 0 Å². The van der Waals surface area contributed by atoms with Crippen LogP contribution in [0.25, 0.3) is 0 Å². The SMILES string of the molecule is CC(C)C1=NC2=CN=C=CC=C2CN1. The lowest BCUT2D eigenvalue weighted by molar-refractivity contribution is 0.791. The molecule has 0 fully saturated rings. The van der Waals surface area contributed by atoms with Crippen molar-refractivity contribution >= 4 is 11.7 Å². The minimum absolute atomic E-state index is 0.428. The third kappa shape index (κ3) is 1.68. The lowest BCUT2D eigenvalue weighted by Crippen LogP contribution is -2.33. The van der Waals surface area contributed by atoms with Gasteiger partial charge in [0.2, 0.25) is 0 Å². The van der Waals surface area contributed by atoms with Gasteiger partial charge in [-0.15, -0.1) is 0 Å². The second-order valence-corrected chi connectivity index (χ2v) is 3.64. The molecule has 0 bridgehead atoms. The van der Waals surface area contributed by atoms with Crippen LogP contribution in [-0.4, -0.2) is 18.3 Å². The van der Waals surface area contributed by atoms with Gasteiger partial charge < -0.3 is 5.32 Å². The van der Waals surface area contributed by atoms with E-state index in [1.54, 1.807) is 6.20 Å². The molecule has 0 spiro atoms. The summed E-state index contributed by atoms with van der Waals surface area (Å²) in [5.41, 5.74) is 2.12. The maximum absolute atomic E-state index is 4.51. The number of amidine groups is 1. The van der Waals surface area contributed by atoms with Crippen LogP contribution < -0.4 is 5.32 Å². The fraction of sp³-hybridized carbons (Fsp3) is 0.364. The van der Waals surface area contributed by atoms with E-state index in [-0.39, 0.29) is 0 Å². The van der Waals surface area contributed by atoms with Crippen LogP contribution in [0.2, 0.25) is 0 Å². The van der Waals surface area contributed by atoms with Gasteiger partial charge in [-0.05, 0) is 17.5 Å². The van der Waals surface area contributed by atoms with Gasteiger partial charge in [-0.2, -0.15) is 0 Å². The summed E-state index contributed by atoms with van der Waals surface area (Å²) >= 11 is 0. The Morgan fingerprint density at radius 2 is 2.36 bits per heavy atom. The van der Waals surface area contributed by atoms with Crippen LogP contribution in [-0.2, 0) is 0 Å². The number of aliphatic imine (C=N–C) groups is 2. The van der Waals surface area contributed by atoms with Gasteiger partial charge in [-0.1, -0.05) is 13.8 Å². The first-order chi connectivity index (χ1) is 6.77. The van der Waals surface area contributed by atoms with Crippen molar-refractivity contribution in [1.82, 2.24) is 5.32 Å². The molecule has 14 heavy (non-hydrogen) atoms. The number of hydrogen-bond acceptors (Lipinski definition) is 3. The van der Waals surface area contributed by atoms with Gasteiger partial charge in [0.15, 0.2) is 0 Å². The van der Waals surface area contributed by atoms with Crippen LogP contribution in [0, 0.1) is 5.92 Å². The Hall–Kier alpha value is -1.60. The molecule has 0 atom stereocenters. The van der Waals surface area contributed by atoms with Crippen LogP contribution >= 0.6 is 0 Å². The summed E-state index contributed by atoms with van der Waals surface area (Å²) < 4.78 is 0. The zero-order chi connectivity index (χ0) is 9.97. The Balaban J connectivity index is 2.35. The molecule has 0 aliphatic carbocycles. The van der Waals surface area contributed by atoms with Gasteiger partial charge in [-0.25, -0.2) is 9.98 Å². The predicted octanol–water partition coefficient (Wildman–Crippen LogP) is 1.65. The van der Waals surface area contributed by atoms with Gasteiger partial charge >= 0.3 is 0 Å². The molecule has 0 saturated heterocycles. The summed E-state index contributed by atoms with van der Waals surface area (Å²) in [4.78, 5) is 8.50. The monoisotopic (exact) mass is 187 g/mol. The first-order valence-electron chi connectivity index (χ1n) is 4.78. The van der Waals surface area contributed by atoms with Crippen LogP contribution in [0.3, 0.4) is 0 Å². The molecule has 0 amide bonds. The van der Waals surface area contributed by atoms with Crippen LogP contribution in [0.4, 0.5) is 0 Å². The van der Waals surface area contributed by atoms with Crippen LogP contribution in [0.15, 0.2) is 39.6 Å². The fourth-order valence-electron chi connectivity index (χ4n) is 1.39. The van der Waals surface area contributed by atoms with E-state index in [1.165, 1.54) is 5.57 Å². The molecule has 0 saturated carbocycles. The van der Waals surface area contributed by atoms with Crippen molar-refractivity contribution < 1.29 is 0 Å². The molecule has 3 heteroatoms. The van der Waals surface area contributed by atoms with Crippen molar-refractivity contribution in [3.05, 3.63) is 29.6 Å². The Labute approximate surface area is 83.6 Å². The third-order valence-corrected chi connectivity index (χ3v) is 2.20. The minimum atomic E-state index is 0.428. The zero-order valence-corrected chi connectivity index (χ0v) is 8.41. The average molecular weight is 187 g/mol. The van der Waals surface area contributed by atoms with E-state index in [0.29, 0.717) is 5.92 Å². The normalized spacial score (nSPS) is 19.2.